The van der Waals surface area contributed by atoms with Crippen LogP contribution in [0.1, 0.15) is 11.1 Å². The van der Waals surface area contributed by atoms with E-state index in [2.05, 4.69) is 10.6 Å². The van der Waals surface area contributed by atoms with Crippen molar-refractivity contribution in [1.29, 1.82) is 0 Å². The van der Waals surface area contributed by atoms with Crippen LogP contribution in [-0.2, 0) is 11.2 Å². The summed E-state index contributed by atoms with van der Waals surface area (Å²) < 4.78 is 5.27. The summed E-state index contributed by atoms with van der Waals surface area (Å²) in [6, 6.07) is 11.1. The molecule has 0 heterocycles. The molecule has 0 saturated carbocycles. The molecule has 2 rings (SSSR count). The molecule has 128 valence electrons. The van der Waals surface area contributed by atoms with E-state index >= 15 is 0 Å². The van der Waals surface area contributed by atoms with Crippen molar-refractivity contribution in [3.63, 3.8) is 0 Å². The molecule has 4 nitrogen and oxygen atoms in total. The van der Waals surface area contributed by atoms with Gasteiger partial charge in [-0.25, -0.2) is 0 Å². The lowest BCUT2D eigenvalue weighted by atomic mass is 10.1. The Hall–Kier alpha value is -1.91. The molecular weight excluding hydrogens is 347 g/mol. The number of aryl methyl sites for hydroxylation is 1. The van der Waals surface area contributed by atoms with E-state index in [1.807, 2.05) is 31.2 Å². The Morgan fingerprint density at radius 3 is 2.67 bits per heavy atom. The van der Waals surface area contributed by atoms with Gasteiger partial charge in [0.1, 0.15) is 5.75 Å². The first-order valence-electron chi connectivity index (χ1n) is 7.58. The molecule has 0 aliphatic carbocycles. The van der Waals surface area contributed by atoms with Gasteiger partial charge in [-0.3, -0.25) is 4.79 Å². The van der Waals surface area contributed by atoms with E-state index in [-0.39, 0.29) is 12.5 Å². The van der Waals surface area contributed by atoms with Crippen LogP contribution in [0.4, 0.5) is 5.69 Å². The van der Waals surface area contributed by atoms with E-state index in [1.165, 1.54) is 0 Å². The number of hydrogen-bond acceptors (Lipinski definition) is 3. The Balaban J connectivity index is 1.80. The van der Waals surface area contributed by atoms with Crippen molar-refractivity contribution in [2.24, 2.45) is 0 Å². The number of halogens is 2. The number of nitrogens with one attached hydrogen (secondary N) is 2. The Morgan fingerprint density at radius 1 is 1.17 bits per heavy atom. The molecule has 2 N–H and O–H groups in total. The van der Waals surface area contributed by atoms with E-state index in [1.54, 1.807) is 19.2 Å². The van der Waals surface area contributed by atoms with E-state index < -0.39 is 0 Å². The summed E-state index contributed by atoms with van der Waals surface area (Å²) in [7, 11) is 1.60. The quantitative estimate of drug-likeness (QED) is 0.775. The lowest BCUT2D eigenvalue weighted by Gasteiger charge is -2.12. The van der Waals surface area contributed by atoms with Gasteiger partial charge in [0.25, 0.3) is 0 Å². The molecule has 0 bridgehead atoms. The van der Waals surface area contributed by atoms with Crippen molar-refractivity contribution < 1.29 is 9.53 Å². The van der Waals surface area contributed by atoms with Gasteiger partial charge < -0.3 is 15.4 Å². The summed E-state index contributed by atoms with van der Waals surface area (Å²) in [6.07, 6.45) is 0.648. The van der Waals surface area contributed by atoms with Gasteiger partial charge in [0.2, 0.25) is 5.91 Å². The van der Waals surface area contributed by atoms with E-state index in [0.717, 1.165) is 16.8 Å². The number of rotatable bonds is 7. The summed E-state index contributed by atoms with van der Waals surface area (Å²) >= 11 is 12.0. The standard InChI is InChI=1S/C18H20Cl2N2O2/c1-12-3-6-17(24-2)16(9-12)22-11-18(23)21-8-7-13-4-5-14(19)10-15(13)20/h3-6,9-10,22H,7-8,11H2,1-2H3,(H,21,23). The zero-order chi connectivity index (χ0) is 17.5. The molecule has 24 heavy (non-hydrogen) atoms. The van der Waals surface area contributed by atoms with Gasteiger partial charge >= 0.3 is 0 Å². The molecule has 0 aliphatic heterocycles. The van der Waals surface area contributed by atoms with Crippen LogP contribution < -0.4 is 15.4 Å². The summed E-state index contributed by atoms with van der Waals surface area (Å²) in [5.41, 5.74) is 2.85. The van der Waals surface area contributed by atoms with Gasteiger partial charge in [0.05, 0.1) is 19.3 Å². The van der Waals surface area contributed by atoms with Crippen molar-refractivity contribution in [2.75, 3.05) is 25.5 Å². The maximum atomic E-state index is 12.0. The molecule has 0 fully saturated rings. The van der Waals surface area contributed by atoms with Crippen molar-refractivity contribution in [3.05, 3.63) is 57.6 Å². The second kappa shape index (κ2) is 8.81. The maximum Gasteiger partial charge on any atom is 0.239 e. The number of anilines is 1. The van der Waals surface area contributed by atoms with E-state index in [9.17, 15) is 4.79 Å². The topological polar surface area (TPSA) is 50.4 Å². The molecule has 0 saturated heterocycles. The molecule has 0 aromatic heterocycles. The minimum atomic E-state index is -0.0938. The summed E-state index contributed by atoms with van der Waals surface area (Å²) in [5.74, 6) is 0.616. The number of methoxy groups -OCH3 is 1. The first-order chi connectivity index (χ1) is 11.5. The zero-order valence-electron chi connectivity index (χ0n) is 13.7. The van der Waals surface area contributed by atoms with Crippen LogP contribution in [0.3, 0.4) is 0 Å². The van der Waals surface area contributed by atoms with Gasteiger partial charge in [-0.05, 0) is 48.7 Å². The average Bonchev–Trinajstić information content (AvgIpc) is 2.55. The normalized spacial score (nSPS) is 10.3. The minimum absolute atomic E-state index is 0.0938. The van der Waals surface area contributed by atoms with Crippen molar-refractivity contribution in [3.8, 4) is 5.75 Å². The van der Waals surface area contributed by atoms with Gasteiger partial charge in [-0.2, -0.15) is 0 Å². The highest BCUT2D eigenvalue weighted by Crippen LogP contribution is 2.24. The minimum Gasteiger partial charge on any atom is -0.495 e. The first kappa shape index (κ1) is 18.4. The SMILES string of the molecule is COc1ccc(C)cc1NCC(=O)NCCc1ccc(Cl)cc1Cl. The van der Waals surface area contributed by atoms with Crippen molar-refractivity contribution in [1.82, 2.24) is 5.32 Å². The zero-order valence-corrected chi connectivity index (χ0v) is 15.2. The fraction of sp³-hybridized carbons (Fsp3) is 0.278. The van der Waals surface area contributed by atoms with Crippen molar-refractivity contribution in [2.45, 2.75) is 13.3 Å². The average molecular weight is 367 g/mol. The molecule has 2 aromatic carbocycles. The molecule has 0 atom stereocenters. The van der Waals surface area contributed by atoms with Crippen LogP contribution >= 0.6 is 23.2 Å². The molecular formula is C18H20Cl2N2O2. The molecule has 0 unspecified atom stereocenters. The Morgan fingerprint density at radius 2 is 1.96 bits per heavy atom. The van der Waals surface area contributed by atoms with Crippen LogP contribution in [0.5, 0.6) is 5.75 Å². The molecule has 1 amide bonds. The summed E-state index contributed by atoms with van der Waals surface area (Å²) in [4.78, 5) is 12.0. The van der Waals surface area contributed by atoms with Crippen molar-refractivity contribution >= 4 is 34.8 Å². The molecule has 0 aliphatic rings. The molecule has 6 heteroatoms. The molecule has 2 aromatic rings. The smallest absolute Gasteiger partial charge is 0.239 e. The lowest BCUT2D eigenvalue weighted by molar-refractivity contribution is -0.119. The number of hydrogen-bond donors (Lipinski definition) is 2. The number of carbonyl (C=O) groups is 1. The predicted molar refractivity (Wildman–Crippen MR) is 99.4 cm³/mol. The summed E-state index contributed by atoms with van der Waals surface area (Å²) in [6.45, 7) is 2.67. The molecule has 0 radical (unpaired) electrons. The van der Waals surface area contributed by atoms with Gasteiger partial charge in [-0.15, -0.1) is 0 Å². The fourth-order valence-corrected chi connectivity index (χ4v) is 2.76. The fourth-order valence-electron chi connectivity index (χ4n) is 2.26. The van der Waals surface area contributed by atoms with E-state index in [0.29, 0.717) is 28.8 Å². The number of carbonyl (C=O) groups excluding carboxylic acids is 1. The Kier molecular flexibility index (Phi) is 6.76. The highest BCUT2D eigenvalue weighted by Gasteiger charge is 2.07. The van der Waals surface area contributed by atoms with Gasteiger partial charge in [-0.1, -0.05) is 35.3 Å². The second-order valence-electron chi connectivity index (χ2n) is 5.39. The number of benzene rings is 2. The highest BCUT2D eigenvalue weighted by atomic mass is 35.5. The monoisotopic (exact) mass is 366 g/mol. The van der Waals surface area contributed by atoms with Crippen LogP contribution in [0.2, 0.25) is 10.0 Å². The van der Waals surface area contributed by atoms with Gasteiger partial charge in [0, 0.05) is 16.6 Å². The van der Waals surface area contributed by atoms with Crippen LogP contribution in [-0.4, -0.2) is 26.1 Å². The maximum absolute atomic E-state index is 12.0. The molecule has 0 spiro atoms. The highest BCUT2D eigenvalue weighted by molar-refractivity contribution is 6.35. The van der Waals surface area contributed by atoms with Gasteiger partial charge in [0.15, 0.2) is 0 Å². The summed E-state index contributed by atoms with van der Waals surface area (Å²) in [5, 5.41) is 7.16. The number of ether oxygens (including phenoxy) is 1. The third kappa shape index (κ3) is 5.32. The largest absolute Gasteiger partial charge is 0.495 e. The number of amides is 1. The van der Waals surface area contributed by atoms with Crippen LogP contribution in [0, 0.1) is 6.92 Å². The lowest BCUT2D eigenvalue weighted by Crippen LogP contribution is -2.31. The Bertz CT molecular complexity index is 720. The van der Waals surface area contributed by atoms with E-state index in [4.69, 9.17) is 27.9 Å². The third-order valence-electron chi connectivity index (χ3n) is 3.53. The predicted octanol–water partition coefficient (Wildman–Crippen LogP) is 4.08. The third-order valence-corrected chi connectivity index (χ3v) is 4.11. The Labute approximate surface area is 152 Å². The second-order valence-corrected chi connectivity index (χ2v) is 6.24. The first-order valence-corrected chi connectivity index (χ1v) is 8.34. The van der Waals surface area contributed by atoms with Crippen LogP contribution in [0.15, 0.2) is 36.4 Å². The van der Waals surface area contributed by atoms with Crippen LogP contribution in [0.25, 0.3) is 0 Å².